The lowest BCUT2D eigenvalue weighted by Crippen LogP contribution is -2.26. The Kier molecular flexibility index (Phi) is 5.62. The third-order valence-electron chi connectivity index (χ3n) is 2.76. The van der Waals surface area contributed by atoms with Crippen molar-refractivity contribution in [1.82, 2.24) is 4.90 Å². The molecule has 0 aliphatic heterocycles. The second-order valence-corrected chi connectivity index (χ2v) is 4.28. The fourth-order valence-electron chi connectivity index (χ4n) is 1.89. The molecule has 0 aromatic rings. The lowest BCUT2D eigenvalue weighted by molar-refractivity contribution is 0.293. The quantitative estimate of drug-likeness (QED) is 0.585. The second-order valence-electron chi connectivity index (χ2n) is 4.28. The van der Waals surface area contributed by atoms with Crippen molar-refractivity contribution in [2.24, 2.45) is 5.92 Å². The van der Waals surface area contributed by atoms with E-state index in [0.717, 1.165) is 5.92 Å². The number of rotatable bonds is 6. The third kappa shape index (κ3) is 4.61. The van der Waals surface area contributed by atoms with Crippen LogP contribution in [0.2, 0.25) is 0 Å². The SMILES string of the molecule is CCCCCN(C)CC1C=CC=CC1. The van der Waals surface area contributed by atoms with Crippen molar-refractivity contribution in [3.8, 4) is 0 Å². The number of hydrogen-bond acceptors (Lipinski definition) is 1. The Labute approximate surface area is 88.5 Å². The van der Waals surface area contributed by atoms with Crippen molar-refractivity contribution < 1.29 is 0 Å². The standard InChI is InChI=1S/C13H23N/c1-3-4-8-11-14(2)12-13-9-6-5-7-10-13/h5-7,9,13H,3-4,8,10-12H2,1-2H3. The van der Waals surface area contributed by atoms with Crippen LogP contribution in [0.25, 0.3) is 0 Å². The van der Waals surface area contributed by atoms with Gasteiger partial charge in [0.05, 0.1) is 0 Å². The van der Waals surface area contributed by atoms with Gasteiger partial charge in [-0.1, -0.05) is 44.1 Å². The predicted molar refractivity (Wildman–Crippen MR) is 63.4 cm³/mol. The Morgan fingerprint density at radius 1 is 1.29 bits per heavy atom. The van der Waals surface area contributed by atoms with E-state index in [-0.39, 0.29) is 0 Å². The molecule has 0 saturated carbocycles. The first-order valence-corrected chi connectivity index (χ1v) is 5.84. The molecule has 1 rings (SSSR count). The van der Waals surface area contributed by atoms with Crippen LogP contribution < -0.4 is 0 Å². The van der Waals surface area contributed by atoms with Crippen LogP contribution in [-0.4, -0.2) is 25.0 Å². The van der Waals surface area contributed by atoms with E-state index in [4.69, 9.17) is 0 Å². The van der Waals surface area contributed by atoms with Gasteiger partial charge in [0.25, 0.3) is 0 Å². The van der Waals surface area contributed by atoms with Gasteiger partial charge >= 0.3 is 0 Å². The average Bonchev–Trinajstić information content (AvgIpc) is 2.20. The summed E-state index contributed by atoms with van der Waals surface area (Å²) < 4.78 is 0. The first-order chi connectivity index (χ1) is 6.83. The summed E-state index contributed by atoms with van der Waals surface area (Å²) in [6.07, 6.45) is 14.2. The number of allylic oxidation sites excluding steroid dienone is 3. The molecule has 0 spiro atoms. The first kappa shape index (κ1) is 11.5. The van der Waals surface area contributed by atoms with E-state index in [1.165, 1.54) is 38.8 Å². The van der Waals surface area contributed by atoms with E-state index in [1.54, 1.807) is 0 Å². The maximum absolute atomic E-state index is 2.46. The molecule has 0 heterocycles. The Hall–Kier alpha value is -0.560. The Bertz CT molecular complexity index is 193. The lowest BCUT2D eigenvalue weighted by atomic mass is 10.0. The molecule has 80 valence electrons. The summed E-state index contributed by atoms with van der Waals surface area (Å²) in [6, 6.07) is 0. The van der Waals surface area contributed by atoms with Crippen LogP contribution in [0.4, 0.5) is 0 Å². The molecule has 0 saturated heterocycles. The molecule has 1 atom stereocenters. The highest BCUT2D eigenvalue weighted by Crippen LogP contribution is 2.12. The summed E-state index contributed by atoms with van der Waals surface area (Å²) in [7, 11) is 2.24. The highest BCUT2D eigenvalue weighted by Gasteiger charge is 2.07. The van der Waals surface area contributed by atoms with E-state index < -0.39 is 0 Å². The maximum atomic E-state index is 2.46. The molecule has 0 bridgehead atoms. The van der Waals surface area contributed by atoms with Gasteiger partial charge in [0.1, 0.15) is 0 Å². The van der Waals surface area contributed by atoms with Gasteiger partial charge in [0.2, 0.25) is 0 Å². The Balaban J connectivity index is 2.10. The molecule has 1 heteroatoms. The molecule has 0 amide bonds. The van der Waals surface area contributed by atoms with Gasteiger partial charge in [-0.3, -0.25) is 0 Å². The molecule has 14 heavy (non-hydrogen) atoms. The van der Waals surface area contributed by atoms with E-state index in [9.17, 15) is 0 Å². The molecule has 0 fully saturated rings. The minimum atomic E-state index is 0.742. The summed E-state index contributed by atoms with van der Waals surface area (Å²) in [4.78, 5) is 2.46. The topological polar surface area (TPSA) is 3.24 Å². The van der Waals surface area contributed by atoms with E-state index >= 15 is 0 Å². The summed E-state index contributed by atoms with van der Waals surface area (Å²) in [5, 5.41) is 0. The zero-order valence-corrected chi connectivity index (χ0v) is 9.58. The van der Waals surface area contributed by atoms with Crippen LogP contribution in [0.5, 0.6) is 0 Å². The van der Waals surface area contributed by atoms with Crippen molar-refractivity contribution in [3.63, 3.8) is 0 Å². The number of hydrogen-bond donors (Lipinski definition) is 0. The molecule has 0 aromatic carbocycles. The van der Waals surface area contributed by atoms with E-state index in [1.807, 2.05) is 0 Å². The second kappa shape index (κ2) is 6.83. The van der Waals surface area contributed by atoms with Gasteiger partial charge in [-0.25, -0.2) is 0 Å². The molecule has 0 N–H and O–H groups in total. The Morgan fingerprint density at radius 3 is 2.79 bits per heavy atom. The zero-order chi connectivity index (χ0) is 10.2. The van der Waals surface area contributed by atoms with Crippen LogP contribution >= 0.6 is 0 Å². The molecular formula is C13H23N. The van der Waals surface area contributed by atoms with Gasteiger partial charge < -0.3 is 4.90 Å². The molecule has 1 aliphatic carbocycles. The first-order valence-electron chi connectivity index (χ1n) is 5.84. The maximum Gasteiger partial charge on any atom is 0.00444 e. The zero-order valence-electron chi connectivity index (χ0n) is 9.58. The Morgan fingerprint density at radius 2 is 2.14 bits per heavy atom. The highest BCUT2D eigenvalue weighted by molar-refractivity contribution is 5.11. The molecule has 1 aliphatic rings. The van der Waals surface area contributed by atoms with Crippen molar-refractivity contribution in [2.45, 2.75) is 32.6 Å². The van der Waals surface area contributed by atoms with Crippen molar-refractivity contribution in [2.75, 3.05) is 20.1 Å². The fourth-order valence-corrected chi connectivity index (χ4v) is 1.89. The van der Waals surface area contributed by atoms with Gasteiger partial charge in [0, 0.05) is 6.54 Å². The number of unbranched alkanes of at least 4 members (excludes halogenated alkanes) is 2. The van der Waals surface area contributed by atoms with Crippen molar-refractivity contribution in [3.05, 3.63) is 24.3 Å². The highest BCUT2D eigenvalue weighted by atomic mass is 15.1. The third-order valence-corrected chi connectivity index (χ3v) is 2.76. The average molecular weight is 193 g/mol. The monoisotopic (exact) mass is 193 g/mol. The van der Waals surface area contributed by atoms with Crippen molar-refractivity contribution in [1.29, 1.82) is 0 Å². The summed E-state index contributed by atoms with van der Waals surface area (Å²) in [5.74, 6) is 0.742. The molecule has 0 radical (unpaired) electrons. The van der Waals surface area contributed by atoms with Crippen LogP contribution in [0, 0.1) is 5.92 Å². The largest absolute Gasteiger partial charge is 0.306 e. The summed E-state index contributed by atoms with van der Waals surface area (Å²) in [5.41, 5.74) is 0. The van der Waals surface area contributed by atoms with Crippen LogP contribution in [0.3, 0.4) is 0 Å². The minimum Gasteiger partial charge on any atom is -0.306 e. The fraction of sp³-hybridized carbons (Fsp3) is 0.692. The number of nitrogens with zero attached hydrogens (tertiary/aromatic N) is 1. The van der Waals surface area contributed by atoms with Gasteiger partial charge in [-0.2, -0.15) is 0 Å². The molecule has 1 nitrogen and oxygen atoms in total. The lowest BCUT2D eigenvalue weighted by Gasteiger charge is -2.22. The van der Waals surface area contributed by atoms with Gasteiger partial charge in [-0.05, 0) is 32.4 Å². The smallest absolute Gasteiger partial charge is 0.00444 e. The minimum absolute atomic E-state index is 0.742. The van der Waals surface area contributed by atoms with Gasteiger partial charge in [0.15, 0.2) is 0 Å². The van der Waals surface area contributed by atoms with Gasteiger partial charge in [-0.15, -0.1) is 0 Å². The summed E-state index contributed by atoms with van der Waals surface area (Å²) in [6.45, 7) is 4.72. The summed E-state index contributed by atoms with van der Waals surface area (Å²) >= 11 is 0. The molecule has 0 aromatic heterocycles. The normalized spacial score (nSPS) is 20.6. The molecule has 1 unspecified atom stereocenters. The van der Waals surface area contributed by atoms with Crippen molar-refractivity contribution >= 4 is 0 Å². The van der Waals surface area contributed by atoms with E-state index in [0.29, 0.717) is 0 Å². The molecular weight excluding hydrogens is 170 g/mol. The van der Waals surface area contributed by atoms with Crippen LogP contribution in [-0.2, 0) is 0 Å². The predicted octanol–water partition coefficient (Wildman–Crippen LogP) is 3.24. The van der Waals surface area contributed by atoms with E-state index in [2.05, 4.69) is 43.2 Å². The van der Waals surface area contributed by atoms with Crippen LogP contribution in [0.15, 0.2) is 24.3 Å². The van der Waals surface area contributed by atoms with Crippen LogP contribution in [0.1, 0.15) is 32.6 Å².